The number of benzene rings is 1. The van der Waals surface area contributed by atoms with E-state index in [1.165, 1.54) is 4.68 Å². The maximum absolute atomic E-state index is 11.4. The van der Waals surface area contributed by atoms with Gasteiger partial charge < -0.3 is 5.73 Å². The minimum Gasteiger partial charge on any atom is -0.399 e. The topological polar surface area (TPSA) is 63.8 Å². The Bertz CT molecular complexity index is 510. The monoisotopic (exact) mass is 189 g/mol. The number of aromatic nitrogens is 2. The molecular weight excluding hydrogens is 178 g/mol. The van der Waals surface area contributed by atoms with Gasteiger partial charge in [-0.05, 0) is 25.1 Å². The third kappa shape index (κ3) is 1.42. The van der Waals surface area contributed by atoms with Crippen LogP contribution < -0.4 is 11.3 Å². The number of hydrogen-bond donors (Lipinski definition) is 2. The lowest BCUT2D eigenvalue weighted by Crippen LogP contribution is -2.13. The van der Waals surface area contributed by atoms with Gasteiger partial charge in [-0.15, -0.1) is 0 Å². The van der Waals surface area contributed by atoms with Crippen LogP contribution in [-0.4, -0.2) is 9.78 Å². The Morgan fingerprint density at radius 1 is 1.36 bits per heavy atom. The van der Waals surface area contributed by atoms with E-state index in [1.807, 2.05) is 19.1 Å². The van der Waals surface area contributed by atoms with E-state index >= 15 is 0 Å². The number of nitrogens with one attached hydrogen (secondary N) is 1. The summed E-state index contributed by atoms with van der Waals surface area (Å²) in [6.45, 7) is 1.84. The van der Waals surface area contributed by atoms with Gasteiger partial charge in [-0.25, -0.2) is 4.68 Å². The molecule has 1 aromatic heterocycles. The molecule has 0 aliphatic rings. The van der Waals surface area contributed by atoms with Crippen LogP contribution in [-0.2, 0) is 0 Å². The van der Waals surface area contributed by atoms with E-state index in [0.29, 0.717) is 5.69 Å². The van der Waals surface area contributed by atoms with Crippen molar-refractivity contribution in [2.75, 3.05) is 5.73 Å². The fraction of sp³-hybridized carbons (Fsp3) is 0.100. The summed E-state index contributed by atoms with van der Waals surface area (Å²) in [6.07, 6.45) is 0. The standard InChI is InChI=1S/C10H11N3O/c1-7-5-10(14)13(12-7)9-4-2-3-8(11)6-9/h2-6,12H,11H2,1H3. The normalized spacial score (nSPS) is 10.4. The molecule has 0 bridgehead atoms. The molecule has 0 radical (unpaired) electrons. The lowest BCUT2D eigenvalue weighted by molar-refractivity contribution is 0.836. The fourth-order valence-electron chi connectivity index (χ4n) is 1.37. The number of nitrogens with zero attached hydrogens (tertiary/aromatic N) is 1. The van der Waals surface area contributed by atoms with Crippen molar-refractivity contribution in [2.45, 2.75) is 6.92 Å². The molecule has 0 aliphatic heterocycles. The molecule has 3 N–H and O–H groups in total. The van der Waals surface area contributed by atoms with Crippen molar-refractivity contribution in [2.24, 2.45) is 0 Å². The van der Waals surface area contributed by atoms with E-state index in [9.17, 15) is 4.79 Å². The van der Waals surface area contributed by atoms with Gasteiger partial charge in [-0.1, -0.05) is 6.07 Å². The highest BCUT2D eigenvalue weighted by Crippen LogP contribution is 2.09. The highest BCUT2D eigenvalue weighted by Gasteiger charge is 2.01. The minimum atomic E-state index is -0.0758. The van der Waals surface area contributed by atoms with Gasteiger partial charge in [0, 0.05) is 17.4 Å². The largest absolute Gasteiger partial charge is 0.399 e. The van der Waals surface area contributed by atoms with Crippen molar-refractivity contribution in [3.05, 3.63) is 46.4 Å². The van der Waals surface area contributed by atoms with E-state index in [0.717, 1.165) is 11.4 Å². The zero-order valence-corrected chi connectivity index (χ0v) is 7.82. The Balaban J connectivity index is 2.60. The van der Waals surface area contributed by atoms with Gasteiger partial charge in [0.15, 0.2) is 0 Å². The van der Waals surface area contributed by atoms with Crippen molar-refractivity contribution < 1.29 is 0 Å². The molecule has 0 fully saturated rings. The summed E-state index contributed by atoms with van der Waals surface area (Å²) in [4.78, 5) is 11.4. The lowest BCUT2D eigenvalue weighted by Gasteiger charge is -2.01. The number of aryl methyl sites for hydroxylation is 1. The number of aromatic amines is 1. The average molecular weight is 189 g/mol. The van der Waals surface area contributed by atoms with E-state index in [1.54, 1.807) is 18.2 Å². The van der Waals surface area contributed by atoms with Gasteiger partial charge >= 0.3 is 0 Å². The molecule has 4 nitrogen and oxygen atoms in total. The van der Waals surface area contributed by atoms with E-state index < -0.39 is 0 Å². The summed E-state index contributed by atoms with van der Waals surface area (Å²) >= 11 is 0. The molecule has 1 heterocycles. The van der Waals surface area contributed by atoms with Crippen molar-refractivity contribution in [1.29, 1.82) is 0 Å². The van der Waals surface area contributed by atoms with E-state index in [4.69, 9.17) is 5.73 Å². The van der Waals surface area contributed by atoms with Crippen molar-refractivity contribution in [3.8, 4) is 5.69 Å². The molecular formula is C10H11N3O. The summed E-state index contributed by atoms with van der Waals surface area (Å²) in [7, 11) is 0. The van der Waals surface area contributed by atoms with Gasteiger partial charge in [0.1, 0.15) is 0 Å². The second kappa shape index (κ2) is 3.06. The van der Waals surface area contributed by atoms with Crippen LogP contribution in [0.25, 0.3) is 5.69 Å². The maximum Gasteiger partial charge on any atom is 0.271 e. The van der Waals surface area contributed by atoms with Crippen LogP contribution >= 0.6 is 0 Å². The Morgan fingerprint density at radius 2 is 2.14 bits per heavy atom. The molecule has 0 unspecified atom stereocenters. The van der Waals surface area contributed by atoms with Gasteiger partial charge in [0.2, 0.25) is 0 Å². The summed E-state index contributed by atoms with van der Waals surface area (Å²) < 4.78 is 1.46. The van der Waals surface area contributed by atoms with Crippen molar-refractivity contribution in [3.63, 3.8) is 0 Å². The zero-order chi connectivity index (χ0) is 10.1. The quantitative estimate of drug-likeness (QED) is 0.659. The van der Waals surface area contributed by atoms with Gasteiger partial charge in [0.05, 0.1) is 5.69 Å². The highest BCUT2D eigenvalue weighted by molar-refractivity contribution is 5.47. The molecule has 0 atom stereocenters. The first kappa shape index (κ1) is 8.62. The third-order valence-electron chi connectivity index (χ3n) is 1.98. The molecule has 0 saturated carbocycles. The first-order valence-corrected chi connectivity index (χ1v) is 4.31. The number of hydrogen-bond acceptors (Lipinski definition) is 2. The van der Waals surface area contributed by atoms with Crippen LogP contribution in [0.15, 0.2) is 35.1 Å². The molecule has 1 aromatic carbocycles. The smallest absolute Gasteiger partial charge is 0.271 e. The van der Waals surface area contributed by atoms with Crippen LogP contribution in [0, 0.1) is 6.92 Å². The van der Waals surface area contributed by atoms with Gasteiger partial charge in [0.25, 0.3) is 5.56 Å². The summed E-state index contributed by atoms with van der Waals surface area (Å²) in [6, 6.07) is 8.71. The first-order chi connectivity index (χ1) is 6.66. The SMILES string of the molecule is Cc1cc(=O)n(-c2cccc(N)c2)[nH]1. The summed E-state index contributed by atoms with van der Waals surface area (Å²) in [5.41, 5.74) is 7.77. The molecule has 14 heavy (non-hydrogen) atoms. The van der Waals surface area contributed by atoms with E-state index in [-0.39, 0.29) is 5.56 Å². The number of nitrogens with two attached hydrogens (primary N) is 1. The third-order valence-corrected chi connectivity index (χ3v) is 1.98. The average Bonchev–Trinajstić information content (AvgIpc) is 2.45. The van der Waals surface area contributed by atoms with Gasteiger partial charge in [-0.2, -0.15) is 0 Å². The van der Waals surface area contributed by atoms with Crippen LogP contribution in [0.5, 0.6) is 0 Å². The van der Waals surface area contributed by atoms with Crippen LogP contribution in [0.1, 0.15) is 5.69 Å². The summed E-state index contributed by atoms with van der Waals surface area (Å²) in [5, 5.41) is 2.94. The summed E-state index contributed by atoms with van der Waals surface area (Å²) in [5.74, 6) is 0. The molecule has 0 spiro atoms. The fourth-order valence-corrected chi connectivity index (χ4v) is 1.37. The molecule has 4 heteroatoms. The predicted octanol–water partition coefficient (Wildman–Crippen LogP) is 1.06. The molecule has 0 saturated heterocycles. The molecule has 0 amide bonds. The van der Waals surface area contributed by atoms with Crippen LogP contribution in [0.3, 0.4) is 0 Å². The Labute approximate surface area is 81.0 Å². The van der Waals surface area contributed by atoms with Gasteiger partial charge in [-0.3, -0.25) is 9.89 Å². The maximum atomic E-state index is 11.4. The second-order valence-electron chi connectivity index (χ2n) is 3.21. The highest BCUT2D eigenvalue weighted by atomic mass is 16.1. The number of anilines is 1. The van der Waals surface area contributed by atoms with E-state index in [2.05, 4.69) is 5.10 Å². The zero-order valence-electron chi connectivity index (χ0n) is 7.82. The first-order valence-electron chi connectivity index (χ1n) is 4.31. The Kier molecular flexibility index (Phi) is 1.89. The van der Waals surface area contributed by atoms with Crippen molar-refractivity contribution >= 4 is 5.69 Å². The molecule has 0 aliphatic carbocycles. The number of nitrogen functional groups attached to an aromatic ring is 1. The lowest BCUT2D eigenvalue weighted by atomic mass is 10.3. The molecule has 72 valence electrons. The Morgan fingerprint density at radius 3 is 2.71 bits per heavy atom. The predicted molar refractivity (Wildman–Crippen MR) is 55.5 cm³/mol. The number of rotatable bonds is 1. The van der Waals surface area contributed by atoms with Crippen LogP contribution in [0.2, 0.25) is 0 Å². The molecule has 2 rings (SSSR count). The molecule has 2 aromatic rings. The van der Waals surface area contributed by atoms with Crippen LogP contribution in [0.4, 0.5) is 5.69 Å². The minimum absolute atomic E-state index is 0.0758. The number of H-pyrrole nitrogens is 1. The Hall–Kier alpha value is -1.97. The second-order valence-corrected chi connectivity index (χ2v) is 3.21. The van der Waals surface area contributed by atoms with Crippen molar-refractivity contribution in [1.82, 2.24) is 9.78 Å².